The van der Waals surface area contributed by atoms with Crippen LogP contribution in [-0.2, 0) is 42.8 Å². The lowest BCUT2D eigenvalue weighted by Gasteiger charge is -2.43. The van der Waals surface area contributed by atoms with Gasteiger partial charge in [-0.2, -0.15) is 0 Å². The van der Waals surface area contributed by atoms with Gasteiger partial charge in [0.15, 0.2) is 53.0 Å². The fourth-order valence-electron chi connectivity index (χ4n) is 7.51. The molecule has 388 valence electrons. The molecule has 71 heavy (non-hydrogen) atoms. The zero-order valence-corrected chi connectivity index (χ0v) is 40.3. The highest BCUT2D eigenvalue weighted by atomic mass is 16.8. The topological polar surface area (TPSA) is 291 Å². The number of hydrogen-bond acceptors (Lipinski definition) is 23. The largest absolute Gasteiger partial charge is 0.493 e. The highest BCUT2D eigenvalue weighted by Crippen LogP contribution is 2.42. The Kier molecular flexibility index (Phi) is 19.7. The number of esters is 3. The van der Waals surface area contributed by atoms with Crippen molar-refractivity contribution in [2.24, 2.45) is 0 Å². The summed E-state index contributed by atoms with van der Waals surface area (Å²) in [6, 6.07) is 9.27. The molecule has 23 heteroatoms. The minimum Gasteiger partial charge on any atom is -0.493 e. The lowest BCUT2D eigenvalue weighted by molar-refractivity contribution is -0.383. The third kappa shape index (κ3) is 12.7. The molecule has 2 fully saturated rings. The Morgan fingerprint density at radius 1 is 0.535 bits per heavy atom. The van der Waals surface area contributed by atoms with Crippen LogP contribution in [0.15, 0.2) is 54.6 Å². The predicted molar refractivity (Wildman–Crippen MR) is 246 cm³/mol. The highest BCUT2D eigenvalue weighted by Gasteiger charge is 2.62. The molecule has 0 bridgehead atoms. The summed E-state index contributed by atoms with van der Waals surface area (Å²) < 4.78 is 82.9. The summed E-state index contributed by atoms with van der Waals surface area (Å²) in [5.74, 6) is -3.21. The van der Waals surface area contributed by atoms with Gasteiger partial charge in [0.05, 0.1) is 70.6 Å². The quantitative estimate of drug-likeness (QED) is 0.0511. The second-order valence-electron chi connectivity index (χ2n) is 15.2. The number of aliphatic hydroxyl groups is 5. The van der Waals surface area contributed by atoms with Crippen molar-refractivity contribution in [3.8, 4) is 51.7 Å². The summed E-state index contributed by atoms with van der Waals surface area (Å²) in [4.78, 5) is 40.2. The van der Waals surface area contributed by atoms with E-state index in [4.69, 9.17) is 71.1 Å². The molecule has 0 spiro atoms. The summed E-state index contributed by atoms with van der Waals surface area (Å²) >= 11 is 0. The van der Waals surface area contributed by atoms with Gasteiger partial charge >= 0.3 is 17.9 Å². The van der Waals surface area contributed by atoms with Crippen LogP contribution in [0.4, 0.5) is 0 Å². The van der Waals surface area contributed by atoms with Crippen LogP contribution >= 0.6 is 0 Å². The Bertz CT molecular complexity index is 2320. The maximum Gasteiger partial charge on any atom is 0.331 e. The molecule has 0 radical (unpaired) electrons. The second kappa shape index (κ2) is 25.3. The summed E-state index contributed by atoms with van der Waals surface area (Å²) in [5, 5.41) is 54.7. The normalized spacial score (nSPS) is 24.1. The molecular weight excluding hydrogens is 945 g/mol. The first-order valence-corrected chi connectivity index (χ1v) is 21.4. The molecule has 3 aromatic rings. The van der Waals surface area contributed by atoms with Crippen LogP contribution in [-0.4, -0.2) is 182 Å². The van der Waals surface area contributed by atoms with Crippen LogP contribution in [0.1, 0.15) is 16.7 Å². The van der Waals surface area contributed by atoms with Crippen molar-refractivity contribution in [3.63, 3.8) is 0 Å². The number of benzene rings is 3. The fraction of sp³-hybridized carbons (Fsp3) is 0.438. The molecule has 23 nitrogen and oxygen atoms in total. The molecule has 0 amide bonds. The Balaban J connectivity index is 1.43. The minimum absolute atomic E-state index is 0.257. The Hall–Kier alpha value is -6.83. The SMILES string of the molecule is COc1cc(C=CC(=O)OC[C@H]2O[C@H](O[C@]3(CO)O[C@H](CO)[C@@H](OC(=O)C=Cc4cc(OC)c(OC)c(OC)c4)[C@@H]3OC(=O)C=Cc3cc(OC)c(OC)c(OC)c3)[C@H](O)[C@@H](O)[C@@H]2O)cc(OC)c1OC. The molecule has 0 aromatic heterocycles. The van der Waals surface area contributed by atoms with E-state index in [1.807, 2.05) is 0 Å². The van der Waals surface area contributed by atoms with Crippen LogP contribution in [0.25, 0.3) is 18.2 Å². The van der Waals surface area contributed by atoms with E-state index < -0.39 is 92.5 Å². The van der Waals surface area contributed by atoms with Gasteiger partial charge in [-0.05, 0) is 71.3 Å². The number of hydrogen-bond donors (Lipinski definition) is 5. The van der Waals surface area contributed by atoms with Gasteiger partial charge in [-0.3, -0.25) is 0 Å². The Labute approximate surface area is 408 Å². The van der Waals surface area contributed by atoms with Crippen molar-refractivity contribution in [1.82, 2.24) is 0 Å². The van der Waals surface area contributed by atoms with Crippen molar-refractivity contribution in [1.29, 1.82) is 0 Å². The van der Waals surface area contributed by atoms with Crippen molar-refractivity contribution >= 4 is 36.1 Å². The molecule has 2 aliphatic heterocycles. The van der Waals surface area contributed by atoms with Gasteiger partial charge in [-0.25, -0.2) is 14.4 Å². The number of ether oxygens (including phenoxy) is 15. The Morgan fingerprint density at radius 3 is 1.30 bits per heavy atom. The average molecular weight is 1000 g/mol. The molecule has 5 rings (SSSR count). The lowest BCUT2D eigenvalue weighted by Crippen LogP contribution is -2.63. The summed E-state index contributed by atoms with van der Waals surface area (Å²) in [6.07, 6.45) is -7.95. The van der Waals surface area contributed by atoms with Gasteiger partial charge in [0.25, 0.3) is 0 Å². The molecule has 2 heterocycles. The first-order valence-electron chi connectivity index (χ1n) is 21.4. The maximum absolute atomic E-state index is 13.7. The number of aliphatic hydroxyl groups excluding tert-OH is 5. The molecule has 2 aliphatic rings. The van der Waals surface area contributed by atoms with Gasteiger partial charge in [-0.1, -0.05) is 0 Å². The van der Waals surface area contributed by atoms with E-state index in [-0.39, 0.29) is 34.5 Å². The second-order valence-corrected chi connectivity index (χ2v) is 15.2. The van der Waals surface area contributed by atoms with Crippen LogP contribution in [0.5, 0.6) is 51.7 Å². The number of carbonyl (C=O) groups is 3. The van der Waals surface area contributed by atoms with E-state index in [0.29, 0.717) is 33.9 Å². The average Bonchev–Trinajstić information content (AvgIpc) is 3.67. The van der Waals surface area contributed by atoms with Gasteiger partial charge in [0, 0.05) is 18.2 Å². The molecule has 0 unspecified atom stereocenters. The molecular formula is C48H58O23. The molecule has 3 aromatic carbocycles. The van der Waals surface area contributed by atoms with E-state index in [9.17, 15) is 39.9 Å². The monoisotopic (exact) mass is 1000 g/mol. The molecule has 5 N–H and O–H groups in total. The van der Waals surface area contributed by atoms with Crippen LogP contribution < -0.4 is 42.6 Å². The van der Waals surface area contributed by atoms with Crippen molar-refractivity contribution in [3.05, 3.63) is 71.3 Å². The van der Waals surface area contributed by atoms with E-state index in [1.54, 1.807) is 24.3 Å². The zero-order chi connectivity index (χ0) is 52.0. The standard InChI is InChI=1S/C48H58O23/c1-57-28-16-25(17-29(58-2)42(28)63-7)10-13-36(51)66-23-35-39(54)40(55)41(56)47(67-35)71-48(24-50)46(69-38(53)15-12-27-20-32(61-5)44(65-9)33(21-27)62-6)45(34(22-49)70-48)68-37(52)14-11-26-18-30(59-3)43(64-8)31(19-26)60-4/h10-21,34-35,39-41,45-47,49-50,54-56H,22-24H2,1-9H3/t34-,35-,39-,40+,41-,45-,46+,47-,48+/m1/s1. The van der Waals surface area contributed by atoms with E-state index in [2.05, 4.69) is 0 Å². The van der Waals surface area contributed by atoms with E-state index in [0.717, 1.165) is 18.2 Å². The predicted octanol–water partition coefficient (Wildman–Crippen LogP) is 1.47. The third-order valence-electron chi connectivity index (χ3n) is 11.0. The molecule has 0 aliphatic carbocycles. The lowest BCUT2D eigenvalue weighted by atomic mass is 9.98. The summed E-state index contributed by atoms with van der Waals surface area (Å²) in [5.41, 5.74) is 1.21. The van der Waals surface area contributed by atoms with Gasteiger partial charge in [0.2, 0.25) is 23.0 Å². The highest BCUT2D eigenvalue weighted by molar-refractivity contribution is 5.89. The first kappa shape index (κ1) is 55.1. The number of carbonyl (C=O) groups excluding carboxylic acids is 3. The minimum atomic E-state index is -2.65. The van der Waals surface area contributed by atoms with Crippen molar-refractivity contribution in [2.75, 3.05) is 83.8 Å². The Morgan fingerprint density at radius 2 is 0.930 bits per heavy atom. The van der Waals surface area contributed by atoms with Gasteiger partial charge in [0.1, 0.15) is 43.7 Å². The van der Waals surface area contributed by atoms with Gasteiger partial charge in [-0.15, -0.1) is 0 Å². The zero-order valence-electron chi connectivity index (χ0n) is 40.3. The van der Waals surface area contributed by atoms with E-state index in [1.165, 1.54) is 94.3 Å². The summed E-state index contributed by atoms with van der Waals surface area (Å²) in [7, 11) is 12.7. The van der Waals surface area contributed by atoms with Crippen LogP contribution in [0.3, 0.4) is 0 Å². The number of rotatable bonds is 23. The third-order valence-corrected chi connectivity index (χ3v) is 11.0. The molecule has 0 saturated carbocycles. The van der Waals surface area contributed by atoms with Crippen LogP contribution in [0.2, 0.25) is 0 Å². The van der Waals surface area contributed by atoms with Crippen molar-refractivity contribution in [2.45, 2.75) is 54.8 Å². The van der Waals surface area contributed by atoms with Gasteiger partial charge < -0.3 is 96.6 Å². The fourth-order valence-corrected chi connectivity index (χ4v) is 7.51. The first-order chi connectivity index (χ1) is 34.1. The maximum atomic E-state index is 13.7. The van der Waals surface area contributed by atoms with Crippen LogP contribution in [0, 0.1) is 0 Å². The molecule has 9 atom stereocenters. The van der Waals surface area contributed by atoms with Crippen molar-refractivity contribution < 1.29 is 111 Å². The van der Waals surface area contributed by atoms with E-state index >= 15 is 0 Å². The summed E-state index contributed by atoms with van der Waals surface area (Å²) in [6.45, 7) is -2.88. The smallest absolute Gasteiger partial charge is 0.331 e. The number of methoxy groups -OCH3 is 9. The molecule has 2 saturated heterocycles.